The average molecular weight is 428 g/mol. The van der Waals surface area contributed by atoms with Gasteiger partial charge in [-0.2, -0.15) is 0 Å². The van der Waals surface area contributed by atoms with Crippen LogP contribution in [0.5, 0.6) is 0 Å². The number of nitrogens with one attached hydrogen (secondary N) is 2. The van der Waals surface area contributed by atoms with Gasteiger partial charge in [0.2, 0.25) is 5.91 Å². The first-order valence-electron chi connectivity index (χ1n) is 11.2. The molecule has 32 heavy (non-hydrogen) atoms. The van der Waals surface area contributed by atoms with Crippen LogP contribution < -0.4 is 15.5 Å². The Morgan fingerprint density at radius 1 is 0.938 bits per heavy atom. The second-order valence-corrected chi connectivity index (χ2v) is 8.07. The number of carbonyl (C=O) groups excluding carboxylic acids is 2. The summed E-state index contributed by atoms with van der Waals surface area (Å²) in [4.78, 5) is 27.3. The van der Waals surface area contributed by atoms with Gasteiger partial charge in [0.1, 0.15) is 0 Å². The zero-order valence-electron chi connectivity index (χ0n) is 18.4. The predicted molar refractivity (Wildman–Crippen MR) is 129 cm³/mol. The van der Waals surface area contributed by atoms with E-state index in [1.165, 1.54) is 16.7 Å². The van der Waals surface area contributed by atoms with Gasteiger partial charge in [0.05, 0.1) is 5.56 Å². The molecule has 3 aromatic carbocycles. The molecule has 0 bridgehead atoms. The Morgan fingerprint density at radius 2 is 1.69 bits per heavy atom. The number of rotatable bonds is 7. The van der Waals surface area contributed by atoms with Crippen LogP contribution in [0.3, 0.4) is 0 Å². The molecular weight excluding hydrogens is 398 g/mol. The molecule has 5 nitrogen and oxygen atoms in total. The van der Waals surface area contributed by atoms with Crippen LogP contribution >= 0.6 is 0 Å². The molecule has 4 rings (SSSR count). The van der Waals surface area contributed by atoms with Crippen molar-refractivity contribution in [3.63, 3.8) is 0 Å². The number of nitrogens with zero attached hydrogens (tertiary/aromatic N) is 1. The lowest BCUT2D eigenvalue weighted by atomic mass is 9.98. The Balaban J connectivity index is 1.55. The first-order valence-corrected chi connectivity index (χ1v) is 11.2. The predicted octanol–water partition coefficient (Wildman–Crippen LogP) is 4.57. The summed E-state index contributed by atoms with van der Waals surface area (Å²) in [6, 6.07) is 24.2. The molecule has 1 aliphatic rings. The van der Waals surface area contributed by atoms with Crippen molar-refractivity contribution in [2.45, 2.75) is 32.7 Å². The monoisotopic (exact) mass is 427 g/mol. The third-order valence-electron chi connectivity index (χ3n) is 5.86. The second kappa shape index (κ2) is 10.1. The molecule has 0 saturated carbocycles. The quantitative estimate of drug-likeness (QED) is 0.581. The van der Waals surface area contributed by atoms with Crippen LogP contribution in [-0.4, -0.2) is 24.9 Å². The largest absolute Gasteiger partial charge is 0.366 e. The molecule has 0 aliphatic carbocycles. The lowest BCUT2D eigenvalue weighted by molar-refractivity contribution is -0.115. The Morgan fingerprint density at radius 3 is 2.47 bits per heavy atom. The van der Waals surface area contributed by atoms with E-state index in [-0.39, 0.29) is 11.8 Å². The Kier molecular flexibility index (Phi) is 6.85. The van der Waals surface area contributed by atoms with E-state index >= 15 is 0 Å². The van der Waals surface area contributed by atoms with Crippen molar-refractivity contribution in [1.29, 1.82) is 0 Å². The van der Waals surface area contributed by atoms with Gasteiger partial charge >= 0.3 is 0 Å². The van der Waals surface area contributed by atoms with Gasteiger partial charge in [0.25, 0.3) is 5.91 Å². The minimum atomic E-state index is -0.123. The number of anilines is 2. The molecule has 2 amide bonds. The summed E-state index contributed by atoms with van der Waals surface area (Å²) in [5, 5.41) is 5.94. The molecule has 1 heterocycles. The van der Waals surface area contributed by atoms with E-state index < -0.39 is 0 Å². The molecule has 0 radical (unpaired) electrons. The molecule has 0 unspecified atom stereocenters. The molecule has 0 aromatic heterocycles. The van der Waals surface area contributed by atoms with Crippen molar-refractivity contribution in [3.05, 3.63) is 95.1 Å². The minimum Gasteiger partial charge on any atom is -0.366 e. The highest BCUT2D eigenvalue weighted by Crippen LogP contribution is 2.29. The maximum absolute atomic E-state index is 13.2. The minimum absolute atomic E-state index is 0.0694. The van der Waals surface area contributed by atoms with Crippen LogP contribution in [0.1, 0.15) is 40.4 Å². The van der Waals surface area contributed by atoms with E-state index in [4.69, 9.17) is 0 Å². The van der Waals surface area contributed by atoms with Crippen molar-refractivity contribution < 1.29 is 9.59 Å². The van der Waals surface area contributed by atoms with Gasteiger partial charge in [0, 0.05) is 37.4 Å². The molecule has 3 aromatic rings. The number of hydrogen-bond acceptors (Lipinski definition) is 3. The molecule has 0 atom stereocenters. The van der Waals surface area contributed by atoms with Gasteiger partial charge < -0.3 is 15.5 Å². The molecule has 164 valence electrons. The summed E-state index contributed by atoms with van der Waals surface area (Å²) < 4.78 is 0. The Bertz CT molecular complexity index is 1100. The summed E-state index contributed by atoms with van der Waals surface area (Å²) in [6.45, 7) is 3.98. The summed E-state index contributed by atoms with van der Waals surface area (Å²) >= 11 is 0. The van der Waals surface area contributed by atoms with Crippen molar-refractivity contribution in [1.82, 2.24) is 5.32 Å². The fraction of sp³-hybridized carbons (Fsp3) is 0.259. The summed E-state index contributed by atoms with van der Waals surface area (Å²) in [7, 11) is 0. The molecule has 5 heteroatoms. The Hall–Kier alpha value is -3.60. The molecular formula is C27H29N3O2. The Labute approximate surface area is 189 Å². The fourth-order valence-electron chi connectivity index (χ4n) is 4.08. The second-order valence-electron chi connectivity index (χ2n) is 8.07. The van der Waals surface area contributed by atoms with Crippen LogP contribution in [0.2, 0.25) is 0 Å². The van der Waals surface area contributed by atoms with Crippen LogP contribution in [-0.2, 0) is 24.2 Å². The van der Waals surface area contributed by atoms with Gasteiger partial charge in [0.15, 0.2) is 0 Å². The molecule has 0 saturated heterocycles. The van der Waals surface area contributed by atoms with Crippen molar-refractivity contribution in [3.8, 4) is 0 Å². The van der Waals surface area contributed by atoms with E-state index in [0.717, 1.165) is 31.6 Å². The maximum atomic E-state index is 13.2. The number of carbonyl (C=O) groups is 2. The van der Waals surface area contributed by atoms with E-state index in [1.807, 2.05) is 37.3 Å². The van der Waals surface area contributed by atoms with Crippen molar-refractivity contribution >= 4 is 23.2 Å². The van der Waals surface area contributed by atoms with Crippen LogP contribution in [0, 0.1) is 0 Å². The molecule has 0 spiro atoms. The van der Waals surface area contributed by atoms with Crippen LogP contribution in [0.25, 0.3) is 0 Å². The first-order chi connectivity index (χ1) is 15.6. The van der Waals surface area contributed by atoms with Gasteiger partial charge in [-0.25, -0.2) is 0 Å². The lowest BCUT2D eigenvalue weighted by Gasteiger charge is -2.32. The third-order valence-corrected chi connectivity index (χ3v) is 5.86. The highest BCUT2D eigenvalue weighted by atomic mass is 16.2. The topological polar surface area (TPSA) is 61.4 Å². The number of hydrogen-bond donors (Lipinski definition) is 2. The smallest absolute Gasteiger partial charge is 0.253 e. The number of amides is 2. The number of fused-ring (bicyclic) bond motifs is 1. The molecule has 1 aliphatic heterocycles. The van der Waals surface area contributed by atoms with Gasteiger partial charge in [-0.05, 0) is 47.7 Å². The summed E-state index contributed by atoms with van der Waals surface area (Å²) in [5.74, 6) is -0.192. The van der Waals surface area contributed by atoms with Crippen LogP contribution in [0.15, 0.2) is 72.8 Å². The zero-order chi connectivity index (χ0) is 22.3. The highest BCUT2D eigenvalue weighted by Gasteiger charge is 2.22. The lowest BCUT2D eigenvalue weighted by Crippen LogP contribution is -2.33. The van der Waals surface area contributed by atoms with E-state index in [2.05, 4.69) is 51.9 Å². The van der Waals surface area contributed by atoms with E-state index in [0.29, 0.717) is 24.2 Å². The summed E-state index contributed by atoms with van der Waals surface area (Å²) in [6.07, 6.45) is 2.11. The SMILES string of the molecule is CCC(=O)Nc1ccc(N2CCc3ccccc3C2)c(C(=O)NCCc2ccccc2)c1. The van der Waals surface area contributed by atoms with Crippen molar-refractivity contribution in [2.75, 3.05) is 23.3 Å². The van der Waals surface area contributed by atoms with E-state index in [9.17, 15) is 9.59 Å². The zero-order valence-corrected chi connectivity index (χ0v) is 18.4. The standard InChI is InChI=1S/C27H29N3O2/c1-2-26(31)29-23-12-13-25(30-17-15-21-10-6-7-11-22(21)19-30)24(18-23)27(32)28-16-14-20-8-4-3-5-9-20/h3-13,18H,2,14-17,19H2,1H3,(H,28,32)(H,29,31). The number of benzene rings is 3. The fourth-order valence-corrected chi connectivity index (χ4v) is 4.08. The van der Waals surface area contributed by atoms with Crippen molar-refractivity contribution in [2.24, 2.45) is 0 Å². The molecule has 0 fully saturated rings. The van der Waals surface area contributed by atoms with Gasteiger partial charge in [-0.1, -0.05) is 61.5 Å². The van der Waals surface area contributed by atoms with Gasteiger partial charge in [-0.3, -0.25) is 9.59 Å². The maximum Gasteiger partial charge on any atom is 0.253 e. The first kappa shape index (κ1) is 21.6. The average Bonchev–Trinajstić information content (AvgIpc) is 2.84. The highest BCUT2D eigenvalue weighted by molar-refractivity contribution is 6.02. The van der Waals surface area contributed by atoms with Gasteiger partial charge in [-0.15, -0.1) is 0 Å². The van der Waals surface area contributed by atoms with E-state index in [1.54, 1.807) is 6.07 Å². The van der Waals surface area contributed by atoms with Crippen LogP contribution in [0.4, 0.5) is 11.4 Å². The molecule has 2 N–H and O–H groups in total. The third kappa shape index (κ3) is 5.17. The normalized spacial score (nSPS) is 12.7. The summed E-state index contributed by atoms with van der Waals surface area (Å²) in [5.41, 5.74) is 5.97.